The highest BCUT2D eigenvalue weighted by molar-refractivity contribution is 5.95. The zero-order chi connectivity index (χ0) is 19.3. The molecule has 0 aliphatic carbocycles. The Morgan fingerprint density at radius 3 is 2.50 bits per heavy atom. The maximum absolute atomic E-state index is 12.9. The highest BCUT2D eigenvalue weighted by Gasteiger charge is 2.24. The molecule has 1 saturated heterocycles. The Kier molecular flexibility index (Phi) is 6.76. The second-order valence-electron chi connectivity index (χ2n) is 6.96. The molecule has 1 atom stereocenters. The van der Waals surface area contributed by atoms with Crippen molar-refractivity contribution in [3.05, 3.63) is 17.5 Å². The predicted octanol–water partition coefficient (Wildman–Crippen LogP) is 1.51. The molecule has 144 valence electrons. The third-order valence-electron chi connectivity index (χ3n) is 4.65. The third kappa shape index (κ3) is 4.83. The fraction of sp³-hybridized carbons (Fsp3) is 0.667. The first-order valence-corrected chi connectivity index (χ1v) is 9.19. The number of anilines is 1. The number of nitrogens with zero attached hydrogens (tertiary/aromatic N) is 5. The van der Waals surface area contributed by atoms with Crippen molar-refractivity contribution >= 4 is 17.9 Å². The summed E-state index contributed by atoms with van der Waals surface area (Å²) in [5, 5.41) is 2.99. The van der Waals surface area contributed by atoms with Crippen molar-refractivity contribution < 1.29 is 9.59 Å². The highest BCUT2D eigenvalue weighted by Crippen LogP contribution is 2.14. The van der Waals surface area contributed by atoms with Crippen LogP contribution in [0.5, 0.6) is 0 Å². The summed E-state index contributed by atoms with van der Waals surface area (Å²) in [6, 6.07) is 0.0991. The summed E-state index contributed by atoms with van der Waals surface area (Å²) in [7, 11) is 3.73. The van der Waals surface area contributed by atoms with Crippen LogP contribution in [0.2, 0.25) is 0 Å². The van der Waals surface area contributed by atoms with Gasteiger partial charge in [0.2, 0.25) is 5.95 Å². The maximum atomic E-state index is 12.9. The number of hydrogen-bond donors (Lipinski definition) is 1. The van der Waals surface area contributed by atoms with Gasteiger partial charge in [0.05, 0.1) is 11.3 Å². The van der Waals surface area contributed by atoms with Crippen LogP contribution in [-0.4, -0.2) is 78.0 Å². The van der Waals surface area contributed by atoms with Gasteiger partial charge in [-0.25, -0.2) is 14.8 Å². The van der Waals surface area contributed by atoms with Gasteiger partial charge in [-0.05, 0) is 26.7 Å². The minimum Gasteiger partial charge on any atom is -0.347 e. The Balaban J connectivity index is 2.02. The van der Waals surface area contributed by atoms with E-state index in [0.717, 1.165) is 12.8 Å². The van der Waals surface area contributed by atoms with Crippen LogP contribution in [0.4, 0.5) is 10.7 Å². The summed E-state index contributed by atoms with van der Waals surface area (Å²) in [6.45, 7) is 8.18. The minimum atomic E-state index is -0.0722. The molecule has 1 unspecified atom stereocenters. The molecule has 2 heterocycles. The molecule has 8 nitrogen and oxygen atoms in total. The van der Waals surface area contributed by atoms with Gasteiger partial charge in [0.15, 0.2) is 0 Å². The van der Waals surface area contributed by atoms with E-state index in [1.165, 1.54) is 0 Å². The molecule has 1 aromatic rings. The summed E-state index contributed by atoms with van der Waals surface area (Å²) in [6.07, 6.45) is 3.25. The molecule has 1 N–H and O–H groups in total. The molecule has 0 radical (unpaired) electrons. The van der Waals surface area contributed by atoms with Crippen molar-refractivity contribution in [3.63, 3.8) is 0 Å². The van der Waals surface area contributed by atoms with Gasteiger partial charge in [0.25, 0.3) is 5.91 Å². The molecule has 0 saturated carbocycles. The van der Waals surface area contributed by atoms with Crippen molar-refractivity contribution in [2.24, 2.45) is 0 Å². The second kappa shape index (κ2) is 8.82. The van der Waals surface area contributed by atoms with Crippen LogP contribution in [0.3, 0.4) is 0 Å². The Morgan fingerprint density at radius 1 is 1.23 bits per heavy atom. The Hall–Kier alpha value is -2.38. The quantitative estimate of drug-likeness (QED) is 0.878. The van der Waals surface area contributed by atoms with Gasteiger partial charge in [-0.15, -0.1) is 0 Å². The average Bonchev–Trinajstić information content (AvgIpc) is 2.87. The molecule has 1 fully saturated rings. The second-order valence-corrected chi connectivity index (χ2v) is 6.96. The molecule has 3 amide bonds. The lowest BCUT2D eigenvalue weighted by Gasteiger charge is -2.24. The van der Waals surface area contributed by atoms with Gasteiger partial charge in [-0.2, -0.15) is 0 Å². The van der Waals surface area contributed by atoms with Crippen molar-refractivity contribution in [1.29, 1.82) is 0 Å². The zero-order valence-electron chi connectivity index (χ0n) is 16.4. The molecule has 0 bridgehead atoms. The topological polar surface area (TPSA) is 81.7 Å². The Morgan fingerprint density at radius 2 is 1.88 bits per heavy atom. The lowest BCUT2D eigenvalue weighted by molar-refractivity contribution is 0.0760. The lowest BCUT2D eigenvalue weighted by Crippen LogP contribution is -2.45. The number of amides is 3. The van der Waals surface area contributed by atoms with E-state index in [2.05, 4.69) is 15.3 Å². The van der Waals surface area contributed by atoms with E-state index in [9.17, 15) is 9.59 Å². The summed E-state index contributed by atoms with van der Waals surface area (Å²) in [5.41, 5.74) is 1.19. The van der Waals surface area contributed by atoms with Crippen LogP contribution < -0.4 is 10.2 Å². The van der Waals surface area contributed by atoms with E-state index < -0.39 is 0 Å². The monoisotopic (exact) mass is 362 g/mol. The van der Waals surface area contributed by atoms with Crippen molar-refractivity contribution in [2.45, 2.75) is 39.7 Å². The van der Waals surface area contributed by atoms with E-state index in [-0.39, 0.29) is 18.0 Å². The van der Waals surface area contributed by atoms with Gasteiger partial charge >= 0.3 is 6.03 Å². The number of aryl methyl sites for hydroxylation is 1. The molecular formula is C18H30N6O2. The van der Waals surface area contributed by atoms with Gasteiger partial charge in [-0.3, -0.25) is 4.79 Å². The summed E-state index contributed by atoms with van der Waals surface area (Å²) in [4.78, 5) is 39.2. The fourth-order valence-electron chi connectivity index (χ4n) is 2.78. The SMILES string of the molecule is CCC(C)NC(=O)N1CCCN(C(=O)c2cnc(N(C)C)nc2C)CC1. The van der Waals surface area contributed by atoms with Gasteiger partial charge in [-0.1, -0.05) is 6.92 Å². The number of aromatic nitrogens is 2. The Bertz CT molecular complexity index is 649. The standard InChI is InChI=1S/C18H30N6O2/c1-6-13(2)20-18(26)24-9-7-8-23(10-11-24)16(25)15-12-19-17(22(4)5)21-14(15)3/h12-13H,6-11H2,1-5H3,(H,20,26). The smallest absolute Gasteiger partial charge is 0.317 e. The van der Waals surface area contributed by atoms with Gasteiger partial charge < -0.3 is 20.0 Å². The summed E-state index contributed by atoms with van der Waals surface area (Å²) < 4.78 is 0. The number of rotatable bonds is 4. The first-order valence-electron chi connectivity index (χ1n) is 9.19. The molecule has 1 aromatic heterocycles. The Labute approximate surface area is 155 Å². The van der Waals surface area contributed by atoms with Crippen LogP contribution in [0.15, 0.2) is 6.20 Å². The predicted molar refractivity (Wildman–Crippen MR) is 101 cm³/mol. The van der Waals surface area contributed by atoms with Crippen molar-refractivity contribution in [1.82, 2.24) is 25.1 Å². The molecule has 1 aliphatic rings. The minimum absolute atomic E-state index is 0.0523. The van der Waals surface area contributed by atoms with E-state index in [0.29, 0.717) is 43.4 Å². The molecule has 1 aliphatic heterocycles. The first kappa shape index (κ1) is 19.9. The van der Waals surface area contributed by atoms with Gasteiger partial charge in [0, 0.05) is 52.5 Å². The van der Waals surface area contributed by atoms with Gasteiger partial charge in [0.1, 0.15) is 0 Å². The number of urea groups is 1. The van der Waals surface area contributed by atoms with Crippen molar-refractivity contribution in [3.8, 4) is 0 Å². The molecular weight excluding hydrogens is 332 g/mol. The molecule has 0 aromatic carbocycles. The van der Waals surface area contributed by atoms with E-state index in [1.54, 1.807) is 20.9 Å². The molecule has 0 spiro atoms. The first-order chi connectivity index (χ1) is 12.3. The fourth-order valence-corrected chi connectivity index (χ4v) is 2.78. The number of carbonyl (C=O) groups excluding carboxylic acids is 2. The molecule has 26 heavy (non-hydrogen) atoms. The van der Waals surface area contributed by atoms with Crippen LogP contribution in [0.25, 0.3) is 0 Å². The third-order valence-corrected chi connectivity index (χ3v) is 4.65. The maximum Gasteiger partial charge on any atom is 0.317 e. The lowest BCUT2D eigenvalue weighted by atomic mass is 10.2. The highest BCUT2D eigenvalue weighted by atomic mass is 16.2. The molecule has 8 heteroatoms. The summed E-state index contributed by atoms with van der Waals surface area (Å²) >= 11 is 0. The number of nitrogens with one attached hydrogen (secondary N) is 1. The van der Waals surface area contributed by atoms with Crippen molar-refractivity contribution in [2.75, 3.05) is 45.2 Å². The summed E-state index contributed by atoms with van der Waals surface area (Å²) in [5.74, 6) is 0.514. The van der Waals surface area contributed by atoms with Crippen LogP contribution >= 0.6 is 0 Å². The zero-order valence-corrected chi connectivity index (χ0v) is 16.4. The number of hydrogen-bond acceptors (Lipinski definition) is 5. The molecule has 2 rings (SSSR count). The van der Waals surface area contributed by atoms with E-state index >= 15 is 0 Å². The number of carbonyl (C=O) groups is 2. The van der Waals surface area contributed by atoms with Crippen LogP contribution in [0.1, 0.15) is 42.7 Å². The normalized spacial score (nSPS) is 16.0. The van der Waals surface area contributed by atoms with E-state index in [1.807, 2.05) is 34.9 Å². The largest absolute Gasteiger partial charge is 0.347 e. The van der Waals surface area contributed by atoms with Crippen LogP contribution in [0, 0.1) is 6.92 Å². The average molecular weight is 362 g/mol. The van der Waals surface area contributed by atoms with E-state index in [4.69, 9.17) is 0 Å². The van der Waals surface area contributed by atoms with Crippen LogP contribution in [-0.2, 0) is 0 Å².